The first-order valence-corrected chi connectivity index (χ1v) is 27.5. The van der Waals surface area contributed by atoms with Crippen LogP contribution in [0.2, 0.25) is 0 Å². The largest absolute Gasteiger partial charge is 0.493 e. The van der Waals surface area contributed by atoms with Crippen LogP contribution >= 0.6 is 0 Å². The average molecular weight is 1090 g/mol. The fourth-order valence-electron chi connectivity index (χ4n) is 17.0. The molecule has 77 heavy (non-hydrogen) atoms. The number of esters is 1. The van der Waals surface area contributed by atoms with Gasteiger partial charge in [-0.3, -0.25) is 4.79 Å². The summed E-state index contributed by atoms with van der Waals surface area (Å²) in [5.41, 5.74) is -1.18. The molecule has 6 aliphatic carbocycles. The molecule has 23 atom stereocenters. The quantitative estimate of drug-likeness (QED) is 0.0778. The van der Waals surface area contributed by atoms with Crippen LogP contribution in [-0.2, 0) is 38.0 Å². The highest BCUT2D eigenvalue weighted by Gasteiger charge is 2.79. The summed E-state index contributed by atoms with van der Waals surface area (Å²) in [6, 6.07) is 3.09. The number of allylic oxidation sites excluding steroid dienone is 2. The Balaban J connectivity index is 0.854. The van der Waals surface area contributed by atoms with Crippen molar-refractivity contribution in [2.75, 3.05) is 41.2 Å². The summed E-state index contributed by atoms with van der Waals surface area (Å²) < 4.78 is 58.8. The number of carboxylic acid groups (broad SMARTS) is 1. The van der Waals surface area contributed by atoms with Crippen LogP contribution in [0.1, 0.15) is 110 Å². The predicted octanol–water partition coefficient (Wildman–Crippen LogP) is 2.46. The number of ether oxygens (including phenoxy) is 10. The summed E-state index contributed by atoms with van der Waals surface area (Å²) in [6.07, 6.45) is -12.4. The van der Waals surface area contributed by atoms with E-state index in [0.29, 0.717) is 36.5 Å². The molecule has 3 heterocycles. The maximum atomic E-state index is 14.0. The highest BCUT2D eigenvalue weighted by atomic mass is 16.8. The first-order chi connectivity index (χ1) is 36.3. The number of aliphatic hydroxyl groups excluding tert-OH is 8. The van der Waals surface area contributed by atoms with Crippen molar-refractivity contribution < 1.29 is 103 Å². The van der Waals surface area contributed by atoms with Crippen molar-refractivity contribution in [1.82, 2.24) is 0 Å². The lowest BCUT2D eigenvalue weighted by molar-refractivity contribution is -0.377. The number of carbonyl (C=O) groups is 2. The van der Waals surface area contributed by atoms with Crippen molar-refractivity contribution in [1.29, 1.82) is 0 Å². The van der Waals surface area contributed by atoms with E-state index in [2.05, 4.69) is 47.6 Å². The van der Waals surface area contributed by atoms with Crippen LogP contribution in [0.5, 0.6) is 17.2 Å². The summed E-state index contributed by atoms with van der Waals surface area (Å²) >= 11 is 0. The Morgan fingerprint density at radius 3 is 2.00 bits per heavy atom. The molecule has 0 aromatic heterocycles. The van der Waals surface area contributed by atoms with Crippen LogP contribution in [-0.4, -0.2) is 191 Å². The number of rotatable bonds is 13. The third kappa shape index (κ3) is 8.86. The molecule has 1 aromatic carbocycles. The lowest BCUT2D eigenvalue weighted by atomic mass is 9.36. The molecule has 9 N–H and O–H groups in total. The van der Waals surface area contributed by atoms with Gasteiger partial charge < -0.3 is 93.3 Å². The first kappa shape index (κ1) is 57.0. The maximum absolute atomic E-state index is 14.0. The van der Waals surface area contributed by atoms with Gasteiger partial charge in [-0.15, -0.1) is 0 Å². The number of aliphatic carboxylic acids is 1. The van der Waals surface area contributed by atoms with Gasteiger partial charge in [0.15, 0.2) is 30.4 Å². The molecule has 1 aromatic rings. The lowest BCUT2D eigenvalue weighted by Crippen LogP contribution is -2.66. The second-order valence-corrected chi connectivity index (χ2v) is 25.7. The highest BCUT2D eigenvalue weighted by Crippen LogP contribution is 2.85. The van der Waals surface area contributed by atoms with Crippen LogP contribution in [0.4, 0.5) is 0 Å². The fourth-order valence-corrected chi connectivity index (χ4v) is 17.0. The summed E-state index contributed by atoms with van der Waals surface area (Å²) in [7, 11) is 4.42. The molecule has 5 saturated carbocycles. The topological polar surface area (TPSA) is 309 Å². The second-order valence-electron chi connectivity index (χ2n) is 25.7. The van der Waals surface area contributed by atoms with Gasteiger partial charge in [-0.05, 0) is 103 Å². The van der Waals surface area contributed by atoms with E-state index in [-0.39, 0.29) is 58.5 Å². The summed E-state index contributed by atoms with van der Waals surface area (Å²) in [5, 5.41) is 97.1. The Kier molecular flexibility index (Phi) is 15.0. The summed E-state index contributed by atoms with van der Waals surface area (Å²) in [6.45, 7) is 12.0. The molecular formula is C56H82O21. The van der Waals surface area contributed by atoms with Crippen LogP contribution in [0.15, 0.2) is 23.8 Å². The number of methoxy groups -OCH3 is 3. The van der Waals surface area contributed by atoms with Crippen molar-refractivity contribution in [2.24, 2.45) is 56.2 Å². The van der Waals surface area contributed by atoms with Gasteiger partial charge in [-0.1, -0.05) is 53.2 Å². The number of aliphatic hydroxyl groups is 8. The minimum atomic E-state index is -1.79. The first-order valence-electron chi connectivity index (χ1n) is 27.5. The van der Waals surface area contributed by atoms with Crippen LogP contribution in [0.3, 0.4) is 0 Å². The Morgan fingerprint density at radius 2 is 1.35 bits per heavy atom. The van der Waals surface area contributed by atoms with E-state index in [1.807, 2.05) is 0 Å². The molecule has 8 fully saturated rings. The average Bonchev–Trinajstić information content (AvgIpc) is 4.28. The molecule has 0 amide bonds. The number of carboxylic acids is 1. The van der Waals surface area contributed by atoms with Crippen LogP contribution in [0.25, 0.3) is 0 Å². The van der Waals surface area contributed by atoms with Crippen molar-refractivity contribution in [3.63, 3.8) is 0 Å². The number of benzene rings is 1. The highest BCUT2D eigenvalue weighted by molar-refractivity contribution is 5.91. The van der Waals surface area contributed by atoms with E-state index >= 15 is 0 Å². The molecule has 0 radical (unpaired) electrons. The molecule has 21 heteroatoms. The van der Waals surface area contributed by atoms with E-state index in [4.69, 9.17) is 47.4 Å². The third-order valence-electron chi connectivity index (χ3n) is 21.2. The zero-order valence-electron chi connectivity index (χ0n) is 45.6. The van der Waals surface area contributed by atoms with Crippen LogP contribution < -0.4 is 14.2 Å². The van der Waals surface area contributed by atoms with E-state index in [0.717, 1.165) is 32.1 Å². The molecular weight excluding hydrogens is 1010 g/mol. The lowest BCUT2D eigenvalue weighted by Gasteiger charge is -2.69. The molecule has 10 rings (SSSR count). The van der Waals surface area contributed by atoms with Gasteiger partial charge in [-0.25, -0.2) is 4.79 Å². The zero-order valence-corrected chi connectivity index (χ0v) is 45.6. The SMILES string of the molecule is COc1cc(C(=O)O[C@H]2C[C@]3(C(=O)O)C[C@@H]4CC45C(=CCC4[C@@]6(C)CC[C@H](O[C@H]7O[C@H](CO)[C@@H](O)[C@H](O)[C@H]7O[C@@H]7OC[C@@H](O[C@@H]8OC[C@@H](O)[C@H](O)[C@H]8O)[C@H](O)[C@H]7O)C(C)(C)[C@@H]6CC[C@]45C)[C@@H]3CC2(C)C)cc(OC)c1OC. The third-order valence-corrected chi connectivity index (χ3v) is 21.2. The van der Waals surface area contributed by atoms with E-state index in [9.17, 15) is 55.5 Å². The van der Waals surface area contributed by atoms with E-state index in [1.165, 1.54) is 26.9 Å². The molecule has 0 bridgehead atoms. The van der Waals surface area contributed by atoms with Gasteiger partial charge in [0.2, 0.25) is 5.75 Å². The smallest absolute Gasteiger partial charge is 0.338 e. The number of hydrogen-bond donors (Lipinski definition) is 9. The van der Waals surface area contributed by atoms with Gasteiger partial charge in [0.25, 0.3) is 0 Å². The van der Waals surface area contributed by atoms with Crippen LogP contribution in [0, 0.1) is 56.2 Å². The Labute approximate surface area is 449 Å². The Morgan fingerprint density at radius 1 is 0.688 bits per heavy atom. The molecule has 1 spiro atoms. The fraction of sp³-hybridized carbons (Fsp3) is 0.821. The minimum absolute atomic E-state index is 0.135. The normalized spacial score (nSPS) is 47.5. The van der Waals surface area contributed by atoms with Gasteiger partial charge in [0, 0.05) is 17.3 Å². The van der Waals surface area contributed by atoms with Gasteiger partial charge in [0.1, 0.15) is 67.1 Å². The van der Waals surface area contributed by atoms with Gasteiger partial charge >= 0.3 is 11.9 Å². The molecule has 3 aliphatic heterocycles. The standard InChI is InChI=1S/C56H82O21/c1-51(2)20-28-27-10-11-35-53(5)14-13-36(76-49-45(41(62)39(60)32(22-57)73-49)77-48-43(64)40(61)33(24-72-48)74-47-42(63)38(59)29(58)23-71-47)52(3,4)34(53)12-15-54(35,6)56(27)19-26(56)18-55(28,50(66)67)21-37(51)75-46(65)25-16-30(68-7)44(70-9)31(17-25)69-8/h10,16-17,26,28-29,32-43,45,47-49,57-64H,11-15,18-24H2,1-9H3,(H,66,67)/t26-,28+,29-,32-,33-,34+,35?,36+,37+,38+,39-,40+,41+,42-,43-,45-,47+,48+,49-,53+,54-,55-,56?/m1/s1. The molecule has 21 nitrogen and oxygen atoms in total. The number of hydrogen-bond acceptors (Lipinski definition) is 20. The van der Waals surface area contributed by atoms with Crippen molar-refractivity contribution in [3.8, 4) is 17.2 Å². The molecule has 432 valence electrons. The van der Waals surface area contributed by atoms with Gasteiger partial charge in [0.05, 0.1) is 58.2 Å². The molecule has 3 saturated heterocycles. The predicted molar refractivity (Wildman–Crippen MR) is 267 cm³/mol. The van der Waals surface area contributed by atoms with Crippen molar-refractivity contribution in [2.45, 2.75) is 191 Å². The van der Waals surface area contributed by atoms with Crippen molar-refractivity contribution >= 4 is 11.9 Å². The Bertz CT molecular complexity index is 2390. The van der Waals surface area contributed by atoms with Gasteiger partial charge in [-0.2, -0.15) is 0 Å². The summed E-state index contributed by atoms with van der Waals surface area (Å²) in [5.74, 6) is -0.201. The van der Waals surface area contributed by atoms with E-state index < -0.39 is 134 Å². The minimum Gasteiger partial charge on any atom is -0.493 e. The monoisotopic (exact) mass is 1090 g/mol. The Hall–Kier alpha value is -3.26. The molecule has 9 aliphatic rings. The zero-order chi connectivity index (χ0) is 55.7. The van der Waals surface area contributed by atoms with Crippen molar-refractivity contribution in [3.05, 3.63) is 29.3 Å². The van der Waals surface area contributed by atoms with E-state index in [1.54, 1.807) is 12.1 Å². The number of carbonyl (C=O) groups excluding carboxylic acids is 1. The molecule has 2 unspecified atom stereocenters. The second kappa shape index (κ2) is 20.3. The number of fused-ring (bicyclic) bond motifs is 5. The summed E-state index contributed by atoms with van der Waals surface area (Å²) in [4.78, 5) is 27.9. The maximum Gasteiger partial charge on any atom is 0.338 e.